The van der Waals surface area contributed by atoms with Crippen molar-refractivity contribution in [3.05, 3.63) is 51.9 Å². The number of ether oxygens (including phenoxy) is 1. The Labute approximate surface area is 183 Å². The largest absolute Gasteiger partial charge is 0.481 e. The van der Waals surface area contributed by atoms with Crippen molar-refractivity contribution in [3.8, 4) is 11.1 Å². The normalized spacial score (nSPS) is 18.1. The fraction of sp³-hybridized carbons (Fsp3) is 0.318. The molecule has 1 aromatic heterocycles. The number of aliphatic carboxylic acids is 1. The number of hydrogen-bond donors (Lipinski definition) is 2. The number of halogens is 1. The number of thiophene rings is 1. The number of allylic oxidation sites excluding steroid dienone is 2. The predicted molar refractivity (Wildman–Crippen MR) is 117 cm³/mol. The summed E-state index contributed by atoms with van der Waals surface area (Å²) < 4.78 is 5.24. The van der Waals surface area contributed by atoms with Crippen LogP contribution in [0.3, 0.4) is 0 Å². The average molecular weight is 448 g/mol. The molecular formula is C22H22ClNO5S. The van der Waals surface area contributed by atoms with Crippen molar-refractivity contribution >= 4 is 45.8 Å². The lowest BCUT2D eigenvalue weighted by Gasteiger charge is -2.24. The molecule has 0 aliphatic heterocycles. The number of benzene rings is 1. The fourth-order valence-electron chi connectivity index (χ4n) is 3.60. The van der Waals surface area contributed by atoms with E-state index in [1.165, 1.54) is 11.3 Å². The SMILES string of the molecule is CCOC(=O)c1c(NC(=O)C2CC=CCC2C(=O)O)sc(C)c1-c1cccc(Cl)c1. The molecule has 0 saturated heterocycles. The van der Waals surface area contributed by atoms with Gasteiger partial charge in [-0.3, -0.25) is 9.59 Å². The molecule has 2 aromatic rings. The van der Waals surface area contributed by atoms with E-state index in [4.69, 9.17) is 16.3 Å². The van der Waals surface area contributed by atoms with Gasteiger partial charge in [-0.25, -0.2) is 4.79 Å². The van der Waals surface area contributed by atoms with E-state index in [0.29, 0.717) is 28.4 Å². The van der Waals surface area contributed by atoms with Crippen molar-refractivity contribution in [2.24, 2.45) is 11.8 Å². The molecule has 0 spiro atoms. The van der Waals surface area contributed by atoms with Crippen molar-refractivity contribution in [1.82, 2.24) is 0 Å². The van der Waals surface area contributed by atoms with Crippen molar-refractivity contribution in [2.45, 2.75) is 26.7 Å². The number of anilines is 1. The Hall–Kier alpha value is -2.64. The van der Waals surface area contributed by atoms with Gasteiger partial charge in [-0.2, -0.15) is 0 Å². The van der Waals surface area contributed by atoms with E-state index in [1.54, 1.807) is 31.2 Å². The maximum absolute atomic E-state index is 13.0. The number of carbonyl (C=O) groups is 3. The van der Waals surface area contributed by atoms with E-state index < -0.39 is 29.7 Å². The summed E-state index contributed by atoms with van der Waals surface area (Å²) in [5, 5.41) is 13.1. The maximum Gasteiger partial charge on any atom is 0.341 e. The highest BCUT2D eigenvalue weighted by Gasteiger charge is 2.35. The Morgan fingerprint density at radius 2 is 1.93 bits per heavy atom. The van der Waals surface area contributed by atoms with Gasteiger partial charge in [0, 0.05) is 15.5 Å². The summed E-state index contributed by atoms with van der Waals surface area (Å²) in [5.41, 5.74) is 1.64. The van der Waals surface area contributed by atoms with Crippen LogP contribution in [0.1, 0.15) is 35.0 Å². The number of carboxylic acids is 1. The molecule has 6 nitrogen and oxygen atoms in total. The van der Waals surface area contributed by atoms with Gasteiger partial charge < -0.3 is 15.2 Å². The molecule has 1 heterocycles. The third-order valence-corrected chi connectivity index (χ3v) is 6.26. The number of carboxylic acid groups (broad SMARTS) is 1. The number of aryl methyl sites for hydroxylation is 1. The molecule has 0 radical (unpaired) electrons. The summed E-state index contributed by atoms with van der Waals surface area (Å²) in [6, 6.07) is 7.11. The first kappa shape index (κ1) is 22.1. The number of amides is 1. The maximum atomic E-state index is 13.0. The lowest BCUT2D eigenvalue weighted by molar-refractivity contribution is -0.146. The van der Waals surface area contributed by atoms with Crippen molar-refractivity contribution in [2.75, 3.05) is 11.9 Å². The first-order valence-electron chi connectivity index (χ1n) is 9.58. The zero-order valence-corrected chi connectivity index (χ0v) is 18.2. The molecule has 2 N–H and O–H groups in total. The molecule has 2 unspecified atom stereocenters. The van der Waals surface area contributed by atoms with Crippen LogP contribution >= 0.6 is 22.9 Å². The Balaban J connectivity index is 2.01. The summed E-state index contributed by atoms with van der Waals surface area (Å²) in [5.74, 6) is -3.48. The van der Waals surface area contributed by atoms with Crippen LogP contribution in [-0.2, 0) is 14.3 Å². The van der Waals surface area contributed by atoms with Gasteiger partial charge in [0.15, 0.2) is 0 Å². The number of rotatable bonds is 6. The van der Waals surface area contributed by atoms with E-state index in [9.17, 15) is 19.5 Å². The van der Waals surface area contributed by atoms with E-state index >= 15 is 0 Å². The Kier molecular flexibility index (Phi) is 6.95. The highest BCUT2D eigenvalue weighted by molar-refractivity contribution is 7.17. The van der Waals surface area contributed by atoms with Crippen molar-refractivity contribution < 1.29 is 24.2 Å². The molecule has 2 atom stereocenters. The number of esters is 1. The molecule has 1 amide bonds. The Bertz CT molecular complexity index is 1010. The first-order chi connectivity index (χ1) is 14.3. The summed E-state index contributed by atoms with van der Waals surface area (Å²) in [6.07, 6.45) is 4.23. The van der Waals surface area contributed by atoms with Crippen LogP contribution in [0.4, 0.5) is 5.00 Å². The van der Waals surface area contributed by atoms with Gasteiger partial charge in [-0.15, -0.1) is 11.3 Å². The first-order valence-corrected chi connectivity index (χ1v) is 10.8. The number of carbonyl (C=O) groups excluding carboxylic acids is 2. The summed E-state index contributed by atoms with van der Waals surface area (Å²) in [4.78, 5) is 38.1. The molecule has 158 valence electrons. The standard InChI is InChI=1S/C22H22ClNO5S/c1-3-29-22(28)18-17(13-7-6-8-14(23)11-13)12(2)30-20(18)24-19(25)15-9-4-5-10-16(15)21(26)27/h4-8,11,15-16H,3,9-10H2,1-2H3,(H,24,25)(H,26,27). The van der Waals surface area contributed by atoms with Gasteiger partial charge >= 0.3 is 11.9 Å². The second-order valence-electron chi connectivity index (χ2n) is 6.95. The molecule has 0 bridgehead atoms. The summed E-state index contributed by atoms with van der Waals surface area (Å²) in [6.45, 7) is 3.74. The number of hydrogen-bond acceptors (Lipinski definition) is 5. The minimum absolute atomic E-state index is 0.185. The van der Waals surface area contributed by atoms with E-state index in [2.05, 4.69) is 5.32 Å². The molecular weight excluding hydrogens is 426 g/mol. The zero-order valence-electron chi connectivity index (χ0n) is 16.6. The van der Waals surface area contributed by atoms with E-state index in [-0.39, 0.29) is 12.2 Å². The van der Waals surface area contributed by atoms with Gasteiger partial charge in [0.2, 0.25) is 5.91 Å². The smallest absolute Gasteiger partial charge is 0.341 e. The molecule has 30 heavy (non-hydrogen) atoms. The average Bonchev–Trinajstić information content (AvgIpc) is 3.03. The van der Waals surface area contributed by atoms with Crippen molar-refractivity contribution in [1.29, 1.82) is 0 Å². The highest BCUT2D eigenvalue weighted by atomic mass is 35.5. The van der Waals surface area contributed by atoms with Gasteiger partial charge in [0.05, 0.1) is 18.4 Å². The quantitative estimate of drug-likeness (QED) is 0.471. The zero-order chi connectivity index (χ0) is 21.8. The van der Waals surface area contributed by atoms with Crippen LogP contribution < -0.4 is 5.32 Å². The Morgan fingerprint density at radius 1 is 1.23 bits per heavy atom. The molecule has 1 aromatic carbocycles. The van der Waals surface area contributed by atoms with Crippen molar-refractivity contribution in [3.63, 3.8) is 0 Å². The summed E-state index contributed by atoms with van der Waals surface area (Å²) in [7, 11) is 0. The van der Waals surface area contributed by atoms with Crippen LogP contribution in [0.2, 0.25) is 5.02 Å². The number of nitrogens with one attached hydrogen (secondary N) is 1. The van der Waals surface area contributed by atoms with E-state index in [0.717, 1.165) is 10.4 Å². The fourth-order valence-corrected chi connectivity index (χ4v) is 4.86. The molecule has 3 rings (SSSR count). The third kappa shape index (κ3) is 4.57. The minimum atomic E-state index is -1.01. The molecule has 1 aliphatic carbocycles. The Morgan fingerprint density at radius 3 is 2.57 bits per heavy atom. The van der Waals surface area contributed by atoms with Gasteiger partial charge in [-0.05, 0) is 44.4 Å². The van der Waals surface area contributed by atoms with Crippen LogP contribution in [0, 0.1) is 18.8 Å². The van der Waals surface area contributed by atoms with Crippen LogP contribution in [0.15, 0.2) is 36.4 Å². The topological polar surface area (TPSA) is 92.7 Å². The minimum Gasteiger partial charge on any atom is -0.481 e. The van der Waals surface area contributed by atoms with Gasteiger partial charge in [0.25, 0.3) is 0 Å². The van der Waals surface area contributed by atoms with E-state index in [1.807, 2.05) is 19.1 Å². The predicted octanol–water partition coefficient (Wildman–Crippen LogP) is 5.16. The monoisotopic (exact) mass is 447 g/mol. The van der Waals surface area contributed by atoms with Gasteiger partial charge in [-0.1, -0.05) is 35.9 Å². The second kappa shape index (κ2) is 9.45. The second-order valence-corrected chi connectivity index (χ2v) is 8.61. The molecule has 0 saturated carbocycles. The lowest BCUT2D eigenvalue weighted by Crippen LogP contribution is -2.34. The van der Waals surface area contributed by atoms with Crippen LogP contribution in [0.25, 0.3) is 11.1 Å². The van der Waals surface area contributed by atoms with Gasteiger partial charge in [0.1, 0.15) is 10.6 Å². The third-order valence-electron chi connectivity index (χ3n) is 5.00. The molecule has 8 heteroatoms. The highest BCUT2D eigenvalue weighted by Crippen LogP contribution is 2.41. The summed E-state index contributed by atoms with van der Waals surface area (Å²) >= 11 is 7.39. The van der Waals surface area contributed by atoms with Crippen LogP contribution in [-0.4, -0.2) is 29.6 Å². The van der Waals surface area contributed by atoms with Crippen LogP contribution in [0.5, 0.6) is 0 Å². The lowest BCUT2D eigenvalue weighted by atomic mass is 9.82. The molecule has 1 aliphatic rings. The molecule has 0 fully saturated rings.